The van der Waals surface area contributed by atoms with Crippen LogP contribution < -0.4 is 5.32 Å². The Balaban J connectivity index is 0.00000112. The molecule has 0 spiro atoms. The predicted molar refractivity (Wildman–Crippen MR) is 58.8 cm³/mol. The quantitative estimate of drug-likeness (QED) is 0.759. The summed E-state index contributed by atoms with van der Waals surface area (Å²) in [7, 11) is 0. The summed E-state index contributed by atoms with van der Waals surface area (Å²) in [6.45, 7) is 1.61. The molecule has 1 atom stereocenters. The van der Waals surface area contributed by atoms with E-state index < -0.39 is 11.6 Å². The fraction of sp³-hybridized carbons (Fsp3) is 0.400. The van der Waals surface area contributed by atoms with Gasteiger partial charge in [0.05, 0.1) is 5.02 Å². The van der Waals surface area contributed by atoms with Crippen molar-refractivity contribution in [1.29, 1.82) is 0 Å². The van der Waals surface area contributed by atoms with Gasteiger partial charge in [-0.3, -0.25) is 0 Å². The first-order valence-electron chi connectivity index (χ1n) is 4.53. The highest BCUT2D eigenvalue weighted by Gasteiger charge is 2.21. The molecule has 1 fully saturated rings. The highest BCUT2D eigenvalue weighted by Crippen LogP contribution is 2.28. The highest BCUT2D eigenvalue weighted by atomic mass is 35.5. The van der Waals surface area contributed by atoms with Crippen molar-refractivity contribution < 1.29 is 8.78 Å². The lowest BCUT2D eigenvalue weighted by atomic mass is 9.98. The maximum absolute atomic E-state index is 13.4. The van der Waals surface area contributed by atoms with Gasteiger partial charge in [0.25, 0.3) is 0 Å². The van der Waals surface area contributed by atoms with Crippen molar-refractivity contribution in [3.8, 4) is 0 Å². The standard InChI is InChI=1S/C10H10ClF2N.ClH/c11-8-3-7(6-1-2-14-5-6)9(12)4-10(8)13;/h3-4,6,14H,1-2,5H2;1H. The Kier molecular flexibility index (Phi) is 4.32. The molecule has 0 bridgehead atoms. The first-order chi connectivity index (χ1) is 6.68. The Morgan fingerprint density at radius 2 is 2.00 bits per heavy atom. The second-order valence-corrected chi connectivity index (χ2v) is 3.88. The van der Waals surface area contributed by atoms with Gasteiger partial charge >= 0.3 is 0 Å². The van der Waals surface area contributed by atoms with Crippen molar-refractivity contribution in [2.75, 3.05) is 13.1 Å². The molecule has 2 rings (SSSR count). The Morgan fingerprint density at radius 1 is 1.27 bits per heavy atom. The summed E-state index contributed by atoms with van der Waals surface area (Å²) < 4.78 is 26.2. The number of benzene rings is 1. The molecule has 0 saturated carbocycles. The van der Waals surface area contributed by atoms with Crippen molar-refractivity contribution in [3.63, 3.8) is 0 Å². The van der Waals surface area contributed by atoms with Gasteiger partial charge in [-0.25, -0.2) is 8.78 Å². The molecule has 1 aromatic carbocycles. The zero-order valence-corrected chi connectivity index (χ0v) is 9.47. The molecule has 84 valence electrons. The fourth-order valence-electron chi connectivity index (χ4n) is 1.77. The Morgan fingerprint density at radius 3 is 2.60 bits per heavy atom. The van der Waals surface area contributed by atoms with Crippen LogP contribution in [0, 0.1) is 11.6 Å². The minimum Gasteiger partial charge on any atom is -0.316 e. The second kappa shape index (κ2) is 5.10. The molecule has 0 aromatic heterocycles. The Hall–Kier alpha value is -0.380. The lowest BCUT2D eigenvalue weighted by Crippen LogP contribution is -2.09. The van der Waals surface area contributed by atoms with E-state index in [4.69, 9.17) is 11.6 Å². The first kappa shape index (κ1) is 12.7. The van der Waals surface area contributed by atoms with Gasteiger partial charge in [-0.15, -0.1) is 12.4 Å². The first-order valence-corrected chi connectivity index (χ1v) is 4.91. The van der Waals surface area contributed by atoms with Crippen molar-refractivity contribution in [2.45, 2.75) is 12.3 Å². The normalized spacial score (nSPS) is 20.1. The van der Waals surface area contributed by atoms with Gasteiger partial charge in [-0.05, 0) is 24.6 Å². The molecule has 0 amide bonds. The van der Waals surface area contributed by atoms with Crippen LogP contribution in [0.2, 0.25) is 5.02 Å². The Bertz CT molecular complexity index is 352. The molecule has 1 unspecified atom stereocenters. The number of hydrogen-bond donors (Lipinski definition) is 1. The summed E-state index contributed by atoms with van der Waals surface area (Å²) in [5, 5.41) is 3.12. The molecule has 0 radical (unpaired) electrons. The molecule has 1 nitrogen and oxygen atoms in total. The molecule has 1 heterocycles. The molecule has 1 N–H and O–H groups in total. The van der Waals surface area contributed by atoms with Gasteiger partial charge in [0.1, 0.15) is 11.6 Å². The van der Waals surface area contributed by atoms with Crippen LogP contribution in [0.4, 0.5) is 8.78 Å². The lowest BCUT2D eigenvalue weighted by Gasteiger charge is -2.10. The molecule has 1 saturated heterocycles. The van der Waals surface area contributed by atoms with Crippen LogP contribution in [-0.2, 0) is 0 Å². The van der Waals surface area contributed by atoms with Crippen molar-refractivity contribution in [1.82, 2.24) is 5.32 Å². The van der Waals surface area contributed by atoms with E-state index in [1.807, 2.05) is 0 Å². The van der Waals surface area contributed by atoms with Gasteiger partial charge in [-0.2, -0.15) is 0 Å². The molecule has 15 heavy (non-hydrogen) atoms. The largest absolute Gasteiger partial charge is 0.316 e. The van der Waals surface area contributed by atoms with Crippen molar-refractivity contribution >= 4 is 24.0 Å². The average molecular weight is 254 g/mol. The topological polar surface area (TPSA) is 12.0 Å². The van der Waals surface area contributed by atoms with Crippen LogP contribution in [-0.4, -0.2) is 13.1 Å². The molecular weight excluding hydrogens is 243 g/mol. The highest BCUT2D eigenvalue weighted by molar-refractivity contribution is 6.30. The molecule has 1 aliphatic rings. The van der Waals surface area contributed by atoms with Crippen LogP contribution in [0.1, 0.15) is 17.9 Å². The average Bonchev–Trinajstić information content (AvgIpc) is 2.64. The third kappa shape index (κ3) is 2.60. The van der Waals surface area contributed by atoms with Gasteiger partial charge in [0.2, 0.25) is 0 Å². The van der Waals surface area contributed by atoms with Gasteiger partial charge in [-0.1, -0.05) is 11.6 Å². The number of rotatable bonds is 1. The molecule has 1 aromatic rings. The zero-order valence-electron chi connectivity index (χ0n) is 7.90. The van der Waals surface area contributed by atoms with Crippen molar-refractivity contribution in [2.24, 2.45) is 0 Å². The summed E-state index contributed by atoms with van der Waals surface area (Å²) in [6, 6.07) is 2.25. The van der Waals surface area contributed by atoms with E-state index in [0.29, 0.717) is 5.56 Å². The van der Waals surface area contributed by atoms with E-state index >= 15 is 0 Å². The zero-order chi connectivity index (χ0) is 10.1. The third-order valence-corrected chi connectivity index (χ3v) is 2.83. The summed E-state index contributed by atoms with van der Waals surface area (Å²) in [6.07, 6.45) is 0.874. The summed E-state index contributed by atoms with van der Waals surface area (Å²) >= 11 is 5.60. The van der Waals surface area contributed by atoms with Crippen LogP contribution >= 0.6 is 24.0 Å². The van der Waals surface area contributed by atoms with E-state index in [-0.39, 0.29) is 23.3 Å². The molecule has 0 aliphatic carbocycles. The minimum absolute atomic E-state index is 0. The van der Waals surface area contributed by atoms with E-state index in [9.17, 15) is 8.78 Å². The van der Waals surface area contributed by atoms with Crippen LogP contribution in [0.25, 0.3) is 0 Å². The van der Waals surface area contributed by atoms with Crippen LogP contribution in [0.5, 0.6) is 0 Å². The molecule has 5 heteroatoms. The van der Waals surface area contributed by atoms with Crippen molar-refractivity contribution in [3.05, 3.63) is 34.4 Å². The number of halogens is 4. The van der Waals surface area contributed by atoms with Gasteiger partial charge in [0.15, 0.2) is 0 Å². The summed E-state index contributed by atoms with van der Waals surface area (Å²) in [5.74, 6) is -1.08. The monoisotopic (exact) mass is 253 g/mol. The Labute approximate surface area is 98.2 Å². The maximum Gasteiger partial charge on any atom is 0.144 e. The van der Waals surface area contributed by atoms with Gasteiger partial charge in [0, 0.05) is 18.5 Å². The number of hydrogen-bond acceptors (Lipinski definition) is 1. The van der Waals surface area contributed by atoms with Crippen LogP contribution in [0.15, 0.2) is 12.1 Å². The van der Waals surface area contributed by atoms with E-state index in [2.05, 4.69) is 5.32 Å². The minimum atomic E-state index is -0.695. The third-order valence-electron chi connectivity index (χ3n) is 2.54. The molecule has 1 aliphatic heterocycles. The predicted octanol–water partition coefficient (Wildman–Crippen LogP) is 3.12. The van der Waals surface area contributed by atoms with Crippen LogP contribution in [0.3, 0.4) is 0 Å². The maximum atomic E-state index is 13.4. The van der Waals surface area contributed by atoms with E-state index in [1.165, 1.54) is 6.07 Å². The van der Waals surface area contributed by atoms with E-state index in [0.717, 1.165) is 25.6 Å². The fourth-order valence-corrected chi connectivity index (χ4v) is 1.94. The smallest absolute Gasteiger partial charge is 0.144 e. The lowest BCUT2D eigenvalue weighted by molar-refractivity contribution is 0.559. The van der Waals surface area contributed by atoms with Gasteiger partial charge < -0.3 is 5.32 Å². The SMILES string of the molecule is Cl.Fc1cc(F)c(C2CCNC2)cc1Cl. The summed E-state index contributed by atoms with van der Waals surface area (Å²) in [4.78, 5) is 0. The second-order valence-electron chi connectivity index (χ2n) is 3.48. The summed E-state index contributed by atoms with van der Waals surface area (Å²) in [5.41, 5.74) is 0.515. The number of nitrogens with one attached hydrogen (secondary N) is 1. The van der Waals surface area contributed by atoms with E-state index in [1.54, 1.807) is 0 Å². The molecular formula is C10H11Cl2F2N.